The van der Waals surface area contributed by atoms with Crippen molar-refractivity contribution in [2.75, 3.05) is 0 Å². The summed E-state index contributed by atoms with van der Waals surface area (Å²) in [6, 6.07) is 18.5. The second-order valence-electron chi connectivity index (χ2n) is 11.3. The van der Waals surface area contributed by atoms with Crippen molar-refractivity contribution < 1.29 is 34.4 Å². The summed E-state index contributed by atoms with van der Waals surface area (Å²) < 4.78 is 13.7. The molecular formula is C32H35FIrNO2-. The maximum absolute atomic E-state index is 13.7. The zero-order valence-corrected chi connectivity index (χ0v) is 25.2. The van der Waals surface area contributed by atoms with Gasteiger partial charge in [0.1, 0.15) is 11.6 Å². The fraction of sp³-hybridized carbons (Fsp3) is 0.312. The molecule has 0 saturated heterocycles. The van der Waals surface area contributed by atoms with Crippen LogP contribution in [0.3, 0.4) is 0 Å². The van der Waals surface area contributed by atoms with Crippen molar-refractivity contribution in [1.29, 1.82) is 0 Å². The monoisotopic (exact) mass is 677 g/mol. The van der Waals surface area contributed by atoms with Gasteiger partial charge in [-0.2, -0.15) is 0 Å². The van der Waals surface area contributed by atoms with Crippen LogP contribution in [0.5, 0.6) is 0 Å². The van der Waals surface area contributed by atoms with Crippen LogP contribution in [0.4, 0.5) is 4.39 Å². The zero-order valence-electron chi connectivity index (χ0n) is 22.8. The standard InChI is InChI=1S/C21H15FN.C11H20O2.Ir/c1-13-9-14(2)11-16(10-13)21-19-6-4-15-3-5-17(22)12-20(15)18(19)7-8-23-21;1-10(2,3)8(12)7-9(13)11(4,5)6;/h3-10,12H,1-2H3;7,12H,1-6H3;/q-1;;/b;8-7-;. The molecule has 0 amide bonds. The number of aryl methyl sites for hydroxylation is 2. The number of nitrogens with zero attached hydrogens (tertiary/aromatic N) is 1. The van der Waals surface area contributed by atoms with Crippen molar-refractivity contribution in [3.05, 3.63) is 89.6 Å². The first-order valence-electron chi connectivity index (χ1n) is 12.1. The molecule has 0 aliphatic heterocycles. The third-order valence-electron chi connectivity index (χ3n) is 5.90. The summed E-state index contributed by atoms with van der Waals surface area (Å²) in [7, 11) is 0. The Labute approximate surface area is 233 Å². The smallest absolute Gasteiger partial charge is 0.164 e. The van der Waals surface area contributed by atoms with E-state index in [9.17, 15) is 14.3 Å². The van der Waals surface area contributed by atoms with E-state index in [1.807, 2.05) is 66.7 Å². The summed E-state index contributed by atoms with van der Waals surface area (Å²) in [5.74, 6) is -0.117. The Bertz CT molecular complexity index is 1440. The summed E-state index contributed by atoms with van der Waals surface area (Å²) >= 11 is 0. The number of carbonyl (C=O) groups excluding carboxylic acids is 1. The van der Waals surface area contributed by atoms with Gasteiger partial charge in [0.25, 0.3) is 0 Å². The minimum Gasteiger partial charge on any atom is -0.512 e. The normalized spacial score (nSPS) is 12.1. The van der Waals surface area contributed by atoms with Crippen LogP contribution >= 0.6 is 0 Å². The number of pyridine rings is 1. The van der Waals surface area contributed by atoms with Crippen LogP contribution in [0.15, 0.2) is 66.6 Å². The topological polar surface area (TPSA) is 50.2 Å². The number of hydrogen-bond acceptors (Lipinski definition) is 3. The molecule has 0 aliphatic rings. The van der Waals surface area contributed by atoms with Crippen LogP contribution in [-0.2, 0) is 24.9 Å². The third kappa shape index (κ3) is 7.56. The number of rotatable bonds is 2. The van der Waals surface area contributed by atoms with Crippen molar-refractivity contribution in [2.45, 2.75) is 55.4 Å². The molecule has 0 bridgehead atoms. The number of fused-ring (bicyclic) bond motifs is 3. The van der Waals surface area contributed by atoms with Crippen molar-refractivity contribution in [2.24, 2.45) is 10.8 Å². The molecule has 0 spiro atoms. The molecule has 0 unspecified atom stereocenters. The Kier molecular flexibility index (Phi) is 9.57. The first kappa shape index (κ1) is 30.3. The molecule has 3 aromatic carbocycles. The van der Waals surface area contributed by atoms with Crippen LogP contribution in [0.25, 0.3) is 32.8 Å². The second kappa shape index (κ2) is 11.7. The second-order valence-corrected chi connectivity index (χ2v) is 11.3. The van der Waals surface area contributed by atoms with Crippen LogP contribution in [0.2, 0.25) is 0 Å². The van der Waals surface area contributed by atoms with Gasteiger partial charge in [0.15, 0.2) is 5.78 Å². The van der Waals surface area contributed by atoms with E-state index >= 15 is 0 Å². The van der Waals surface area contributed by atoms with Crippen molar-refractivity contribution in [1.82, 2.24) is 4.98 Å². The maximum atomic E-state index is 13.7. The van der Waals surface area contributed by atoms with Gasteiger partial charge in [0.05, 0.1) is 0 Å². The van der Waals surface area contributed by atoms with E-state index in [0.29, 0.717) is 0 Å². The molecule has 0 saturated carbocycles. The summed E-state index contributed by atoms with van der Waals surface area (Å²) in [4.78, 5) is 16.0. The molecule has 4 aromatic rings. The molecule has 0 fully saturated rings. The quantitative estimate of drug-likeness (QED) is 0.100. The molecule has 0 aliphatic carbocycles. The molecule has 1 radical (unpaired) electrons. The number of aliphatic hydroxyl groups is 1. The maximum Gasteiger partial charge on any atom is 0.164 e. The number of halogens is 1. The van der Waals surface area contributed by atoms with Crippen molar-refractivity contribution >= 4 is 27.3 Å². The first-order chi connectivity index (χ1) is 16.7. The largest absolute Gasteiger partial charge is 0.512 e. The Hall–Kier alpha value is -2.88. The van der Waals surface area contributed by atoms with Gasteiger partial charge in [-0.05, 0) is 45.4 Å². The molecule has 1 aromatic heterocycles. The molecule has 4 rings (SSSR count). The molecule has 37 heavy (non-hydrogen) atoms. The predicted molar refractivity (Wildman–Crippen MR) is 148 cm³/mol. The Balaban J connectivity index is 0.000000299. The van der Waals surface area contributed by atoms with Crippen molar-refractivity contribution in [3.8, 4) is 11.3 Å². The average molecular weight is 677 g/mol. The first-order valence-corrected chi connectivity index (χ1v) is 12.1. The van der Waals surface area contributed by atoms with E-state index < -0.39 is 5.41 Å². The van der Waals surface area contributed by atoms with Crippen LogP contribution in [-0.4, -0.2) is 15.9 Å². The zero-order chi connectivity index (χ0) is 26.8. The third-order valence-corrected chi connectivity index (χ3v) is 5.90. The van der Waals surface area contributed by atoms with E-state index in [2.05, 4.69) is 36.2 Å². The summed E-state index contributed by atoms with van der Waals surface area (Å²) in [5, 5.41) is 13.5. The van der Waals surface area contributed by atoms with Gasteiger partial charge in [-0.3, -0.25) is 4.79 Å². The number of aliphatic hydroxyl groups excluding tert-OH is 1. The average Bonchev–Trinajstić information content (AvgIpc) is 2.77. The molecule has 0 atom stereocenters. The SMILES string of the molecule is CC(C)(C)C(=O)/C=C(\O)C(C)(C)C.Cc1[c-]c(-c2nccc3c2ccc2ccc(F)cc23)cc(C)c1.[Ir]. The number of hydrogen-bond donors (Lipinski definition) is 1. The number of benzene rings is 3. The summed E-state index contributed by atoms with van der Waals surface area (Å²) in [5.41, 5.74) is 3.37. The van der Waals surface area contributed by atoms with E-state index in [-0.39, 0.29) is 42.9 Å². The van der Waals surface area contributed by atoms with Crippen molar-refractivity contribution in [3.63, 3.8) is 0 Å². The minimum absolute atomic E-state index is 0. The summed E-state index contributed by atoms with van der Waals surface area (Å²) in [6.07, 6.45) is 3.12. The van der Waals surface area contributed by atoms with Gasteiger partial charge < -0.3 is 10.1 Å². The van der Waals surface area contributed by atoms with E-state index in [0.717, 1.165) is 38.4 Å². The van der Waals surface area contributed by atoms with Gasteiger partial charge in [0.2, 0.25) is 0 Å². The fourth-order valence-corrected chi connectivity index (χ4v) is 3.75. The van der Waals surface area contributed by atoms with Gasteiger partial charge in [-0.15, -0.1) is 34.9 Å². The van der Waals surface area contributed by atoms with E-state index in [1.165, 1.54) is 17.7 Å². The number of carbonyl (C=O) groups is 1. The summed E-state index contributed by atoms with van der Waals surface area (Å²) in [6.45, 7) is 15.2. The molecule has 1 heterocycles. The van der Waals surface area contributed by atoms with Gasteiger partial charge in [-0.1, -0.05) is 73.6 Å². The molecule has 197 valence electrons. The van der Waals surface area contributed by atoms with Crippen LogP contribution in [0.1, 0.15) is 52.7 Å². The number of ketones is 1. The Morgan fingerprint density at radius 3 is 2.14 bits per heavy atom. The van der Waals surface area contributed by atoms with Gasteiger partial charge >= 0.3 is 0 Å². The van der Waals surface area contributed by atoms with Gasteiger partial charge in [-0.25, -0.2) is 4.39 Å². The molecular weight excluding hydrogens is 642 g/mol. The predicted octanol–water partition coefficient (Wildman–Crippen LogP) is 8.70. The minimum atomic E-state index is -0.417. The van der Waals surface area contributed by atoms with Gasteiger partial charge in [0, 0.05) is 43.2 Å². The van der Waals surface area contributed by atoms with Crippen LogP contribution < -0.4 is 0 Å². The molecule has 1 N–H and O–H groups in total. The fourth-order valence-electron chi connectivity index (χ4n) is 3.75. The Morgan fingerprint density at radius 1 is 0.892 bits per heavy atom. The van der Waals surface area contributed by atoms with Crippen LogP contribution in [0, 0.1) is 36.6 Å². The Morgan fingerprint density at radius 2 is 1.54 bits per heavy atom. The van der Waals surface area contributed by atoms with E-state index in [1.54, 1.807) is 12.3 Å². The molecule has 5 heteroatoms. The van der Waals surface area contributed by atoms with E-state index in [4.69, 9.17) is 0 Å². The number of allylic oxidation sites excluding steroid dienone is 2. The molecule has 3 nitrogen and oxygen atoms in total. The number of aromatic nitrogens is 1.